The first kappa shape index (κ1) is 10.1. The van der Waals surface area contributed by atoms with Crippen molar-refractivity contribution in [1.82, 2.24) is 0 Å². The van der Waals surface area contributed by atoms with Crippen LogP contribution >= 0.6 is 0 Å². The predicted molar refractivity (Wildman–Crippen MR) is 49.3 cm³/mol. The first-order chi connectivity index (χ1) is 5.26. The zero-order chi connectivity index (χ0) is 8.69. The van der Waals surface area contributed by atoms with Gasteiger partial charge in [-0.25, -0.2) is 0 Å². The molecule has 0 heterocycles. The highest BCUT2D eigenvalue weighted by Gasteiger charge is 2.09. The maximum Gasteiger partial charge on any atom is 0.158 e. The molecule has 62 valence electrons. The molecule has 0 saturated heterocycles. The van der Waals surface area contributed by atoms with E-state index in [4.69, 9.17) is 5.73 Å². The topological polar surface area (TPSA) is 30.5 Å². The van der Waals surface area contributed by atoms with Crippen molar-refractivity contribution in [2.75, 3.05) is 13.1 Å². The van der Waals surface area contributed by atoms with E-state index in [1.807, 2.05) is 12.2 Å². The number of quaternary nitrogens is 1. The molecule has 0 aliphatic carbocycles. The summed E-state index contributed by atoms with van der Waals surface area (Å²) in [7, 11) is 0. The molecule has 1 unspecified atom stereocenters. The lowest BCUT2D eigenvalue weighted by Crippen LogP contribution is -3.16. The Hall–Kier alpha value is -0.860. The van der Waals surface area contributed by atoms with Crippen molar-refractivity contribution in [3.05, 3.63) is 38.0 Å². The number of rotatable bonds is 6. The van der Waals surface area contributed by atoms with Crippen molar-refractivity contribution in [3.63, 3.8) is 0 Å². The van der Waals surface area contributed by atoms with E-state index in [0.717, 1.165) is 13.1 Å². The molecule has 0 amide bonds. The zero-order valence-electron chi connectivity index (χ0n) is 6.92. The van der Waals surface area contributed by atoms with Gasteiger partial charge in [-0.1, -0.05) is 19.7 Å². The molecule has 0 radical (unpaired) electrons. The van der Waals surface area contributed by atoms with Gasteiger partial charge in [0, 0.05) is 0 Å². The molecule has 11 heavy (non-hydrogen) atoms. The fourth-order valence-corrected chi connectivity index (χ4v) is 0.893. The van der Waals surface area contributed by atoms with Gasteiger partial charge >= 0.3 is 0 Å². The lowest BCUT2D eigenvalue weighted by Gasteiger charge is -2.20. The molecule has 3 N–H and O–H groups in total. The Morgan fingerprint density at radius 1 is 1.18 bits per heavy atom. The van der Waals surface area contributed by atoms with Crippen LogP contribution in [0.3, 0.4) is 0 Å². The van der Waals surface area contributed by atoms with E-state index in [1.54, 1.807) is 6.08 Å². The minimum Gasteiger partial charge on any atom is -0.310 e. The molecule has 0 aliphatic heterocycles. The van der Waals surface area contributed by atoms with Gasteiger partial charge in [0.25, 0.3) is 0 Å². The van der Waals surface area contributed by atoms with Crippen LogP contribution in [0.25, 0.3) is 0 Å². The summed E-state index contributed by atoms with van der Waals surface area (Å²) < 4.78 is 0. The van der Waals surface area contributed by atoms with E-state index < -0.39 is 0 Å². The van der Waals surface area contributed by atoms with Gasteiger partial charge in [0.15, 0.2) is 6.17 Å². The predicted octanol–water partition coefficient (Wildman–Crippen LogP) is -0.286. The Kier molecular flexibility index (Phi) is 5.43. The molecule has 0 aromatic carbocycles. The highest BCUT2D eigenvalue weighted by atomic mass is 15.2. The number of hydrogen-bond acceptors (Lipinski definition) is 1. The molecule has 0 fully saturated rings. The highest BCUT2D eigenvalue weighted by molar-refractivity contribution is 4.76. The van der Waals surface area contributed by atoms with Crippen LogP contribution in [-0.4, -0.2) is 19.3 Å². The fourth-order valence-electron chi connectivity index (χ4n) is 0.893. The fraction of sp³-hybridized carbons (Fsp3) is 0.333. The van der Waals surface area contributed by atoms with Crippen LogP contribution in [0.2, 0.25) is 0 Å². The van der Waals surface area contributed by atoms with Crippen LogP contribution < -0.4 is 10.6 Å². The monoisotopic (exact) mass is 153 g/mol. The molecule has 0 spiro atoms. The Bertz CT molecular complexity index is 130. The van der Waals surface area contributed by atoms with Crippen molar-refractivity contribution < 1.29 is 4.90 Å². The SMILES string of the molecule is C=CC[NH+](CC=C)C(N)C=C. The van der Waals surface area contributed by atoms with Gasteiger partial charge in [-0.15, -0.1) is 0 Å². The van der Waals surface area contributed by atoms with Crippen molar-refractivity contribution >= 4 is 0 Å². The largest absolute Gasteiger partial charge is 0.310 e. The van der Waals surface area contributed by atoms with E-state index in [9.17, 15) is 0 Å². The number of nitrogens with two attached hydrogens (primary N) is 1. The van der Waals surface area contributed by atoms with Crippen LogP contribution in [0.15, 0.2) is 38.0 Å². The molecular formula is C9H17N2+. The Morgan fingerprint density at radius 3 is 1.91 bits per heavy atom. The molecule has 0 saturated carbocycles. The van der Waals surface area contributed by atoms with E-state index in [0.29, 0.717) is 0 Å². The molecule has 0 aliphatic rings. The Labute approximate surface area is 68.7 Å². The van der Waals surface area contributed by atoms with E-state index in [-0.39, 0.29) is 6.17 Å². The normalized spacial score (nSPS) is 12.5. The van der Waals surface area contributed by atoms with Crippen molar-refractivity contribution in [2.45, 2.75) is 6.17 Å². The second kappa shape index (κ2) is 5.89. The lowest BCUT2D eigenvalue weighted by atomic mass is 10.3. The van der Waals surface area contributed by atoms with E-state index in [2.05, 4.69) is 19.7 Å². The molecule has 0 bridgehead atoms. The minimum absolute atomic E-state index is 0.0222. The van der Waals surface area contributed by atoms with Crippen LogP contribution in [0.5, 0.6) is 0 Å². The van der Waals surface area contributed by atoms with Gasteiger partial charge in [-0.05, 0) is 18.2 Å². The summed E-state index contributed by atoms with van der Waals surface area (Å²) in [6.07, 6.45) is 5.41. The van der Waals surface area contributed by atoms with Crippen LogP contribution in [0, 0.1) is 0 Å². The summed E-state index contributed by atoms with van der Waals surface area (Å²) in [5.41, 5.74) is 5.74. The van der Waals surface area contributed by atoms with Crippen molar-refractivity contribution in [1.29, 1.82) is 0 Å². The molecular weight excluding hydrogens is 136 g/mol. The summed E-state index contributed by atoms with van der Waals surface area (Å²) in [5, 5.41) is 0. The molecule has 1 atom stereocenters. The van der Waals surface area contributed by atoms with E-state index in [1.165, 1.54) is 4.90 Å². The van der Waals surface area contributed by atoms with Crippen molar-refractivity contribution in [2.24, 2.45) is 5.73 Å². The second-order valence-corrected chi connectivity index (χ2v) is 2.41. The standard InChI is InChI=1S/C9H16N2/c1-4-7-11(8-5-2)9(10)6-3/h4-6,9H,1-3,7-8,10H2/p+1. The van der Waals surface area contributed by atoms with Gasteiger partial charge in [-0.3, -0.25) is 5.73 Å². The van der Waals surface area contributed by atoms with Crippen LogP contribution in [0.4, 0.5) is 0 Å². The third-order valence-electron chi connectivity index (χ3n) is 1.54. The smallest absolute Gasteiger partial charge is 0.158 e. The quantitative estimate of drug-likeness (QED) is 0.399. The third kappa shape index (κ3) is 3.75. The maximum absolute atomic E-state index is 5.74. The summed E-state index contributed by atoms with van der Waals surface area (Å²) in [6, 6.07) is 0. The maximum atomic E-state index is 5.74. The summed E-state index contributed by atoms with van der Waals surface area (Å²) >= 11 is 0. The van der Waals surface area contributed by atoms with E-state index >= 15 is 0 Å². The second-order valence-electron chi connectivity index (χ2n) is 2.41. The van der Waals surface area contributed by atoms with Crippen LogP contribution in [-0.2, 0) is 0 Å². The zero-order valence-corrected chi connectivity index (χ0v) is 6.92. The third-order valence-corrected chi connectivity index (χ3v) is 1.54. The minimum atomic E-state index is -0.0222. The molecule has 0 aromatic rings. The van der Waals surface area contributed by atoms with Gasteiger partial charge in [0.2, 0.25) is 0 Å². The average molecular weight is 153 g/mol. The highest BCUT2D eigenvalue weighted by Crippen LogP contribution is 1.66. The summed E-state index contributed by atoms with van der Waals surface area (Å²) in [4.78, 5) is 1.21. The summed E-state index contributed by atoms with van der Waals surface area (Å²) in [5.74, 6) is 0. The van der Waals surface area contributed by atoms with Crippen molar-refractivity contribution in [3.8, 4) is 0 Å². The molecule has 2 nitrogen and oxygen atoms in total. The lowest BCUT2D eigenvalue weighted by molar-refractivity contribution is -0.906. The first-order valence-electron chi connectivity index (χ1n) is 3.70. The molecule has 2 heteroatoms. The molecule has 0 rings (SSSR count). The summed E-state index contributed by atoms with van der Waals surface area (Å²) in [6.45, 7) is 12.6. The Balaban J connectivity index is 3.94. The Morgan fingerprint density at radius 2 is 1.64 bits per heavy atom. The number of hydrogen-bond donors (Lipinski definition) is 2. The van der Waals surface area contributed by atoms with Crippen LogP contribution in [0.1, 0.15) is 0 Å². The van der Waals surface area contributed by atoms with Gasteiger partial charge in [-0.2, -0.15) is 0 Å². The first-order valence-corrected chi connectivity index (χ1v) is 3.70. The number of nitrogens with one attached hydrogen (secondary N) is 1. The average Bonchev–Trinajstić information content (AvgIpc) is 2.03. The van der Waals surface area contributed by atoms with Gasteiger partial charge in [0.1, 0.15) is 0 Å². The molecule has 0 aromatic heterocycles. The van der Waals surface area contributed by atoms with Gasteiger partial charge < -0.3 is 4.90 Å². The van der Waals surface area contributed by atoms with Gasteiger partial charge in [0.05, 0.1) is 13.1 Å².